The molecule has 0 aliphatic rings. The smallest absolute Gasteiger partial charge is 0.307 e. The molecule has 9 heteroatoms. The van der Waals surface area contributed by atoms with Gasteiger partial charge in [-0.2, -0.15) is 0 Å². The van der Waals surface area contributed by atoms with Gasteiger partial charge in [0.1, 0.15) is 16.5 Å². The third-order valence-corrected chi connectivity index (χ3v) is 4.55. The van der Waals surface area contributed by atoms with Gasteiger partial charge in [0.15, 0.2) is 0 Å². The molecule has 118 valence electrons. The van der Waals surface area contributed by atoms with Gasteiger partial charge in [-0.3, -0.25) is 4.79 Å². The van der Waals surface area contributed by atoms with Crippen LogP contribution in [-0.2, 0) is 19.6 Å². The van der Waals surface area contributed by atoms with Gasteiger partial charge in [0, 0.05) is 19.7 Å². The van der Waals surface area contributed by atoms with Gasteiger partial charge in [0.2, 0.25) is 10.0 Å². The standard InChI is InChI=1S/C12H16F2N2O4S/c1-3-20-12(17)4-5-16(2)21(18,19)11-7-10(15)8(13)6-9(11)14/h6-7H,3-5,15H2,1-2H3. The molecule has 6 nitrogen and oxygen atoms in total. The number of benzene rings is 1. The van der Waals surface area contributed by atoms with Crippen molar-refractivity contribution in [3.8, 4) is 0 Å². The number of rotatable bonds is 6. The van der Waals surface area contributed by atoms with E-state index in [-0.39, 0.29) is 19.6 Å². The molecule has 21 heavy (non-hydrogen) atoms. The summed E-state index contributed by atoms with van der Waals surface area (Å²) in [6.07, 6.45) is -0.179. The Kier molecular flexibility index (Phi) is 5.62. The molecule has 0 spiro atoms. The van der Waals surface area contributed by atoms with Gasteiger partial charge in [-0.1, -0.05) is 0 Å². The average Bonchev–Trinajstić information content (AvgIpc) is 2.40. The maximum atomic E-state index is 13.6. The van der Waals surface area contributed by atoms with Gasteiger partial charge in [-0.25, -0.2) is 21.5 Å². The number of carbonyl (C=O) groups is 1. The maximum Gasteiger partial charge on any atom is 0.307 e. The molecule has 0 atom stereocenters. The molecule has 0 amide bonds. The number of hydrogen-bond donors (Lipinski definition) is 1. The van der Waals surface area contributed by atoms with Crippen LogP contribution in [-0.4, -0.2) is 38.9 Å². The molecule has 1 rings (SSSR count). The van der Waals surface area contributed by atoms with Crippen molar-refractivity contribution < 1.29 is 26.7 Å². The molecule has 0 aliphatic carbocycles. The summed E-state index contributed by atoms with van der Waals surface area (Å²) in [5.41, 5.74) is 4.77. The Morgan fingerprint density at radius 3 is 2.52 bits per heavy atom. The highest BCUT2D eigenvalue weighted by molar-refractivity contribution is 7.89. The van der Waals surface area contributed by atoms with Crippen molar-refractivity contribution in [1.82, 2.24) is 4.31 Å². The molecule has 0 saturated carbocycles. The number of esters is 1. The zero-order valence-corrected chi connectivity index (χ0v) is 12.4. The molecule has 0 unspecified atom stereocenters. The number of sulfonamides is 1. The summed E-state index contributed by atoms with van der Waals surface area (Å²) >= 11 is 0. The number of carbonyl (C=O) groups excluding carboxylic acids is 1. The number of nitrogens with two attached hydrogens (primary N) is 1. The summed E-state index contributed by atoms with van der Waals surface area (Å²) < 4.78 is 56.4. The van der Waals surface area contributed by atoms with E-state index in [2.05, 4.69) is 4.74 Å². The van der Waals surface area contributed by atoms with Gasteiger partial charge in [-0.05, 0) is 13.0 Å². The predicted octanol–water partition coefficient (Wildman–Crippen LogP) is 1.12. The molecule has 0 bridgehead atoms. The summed E-state index contributed by atoms with van der Waals surface area (Å²) in [4.78, 5) is 10.4. The Balaban J connectivity index is 2.95. The van der Waals surface area contributed by atoms with Crippen LogP contribution in [0.15, 0.2) is 17.0 Å². The number of hydrogen-bond acceptors (Lipinski definition) is 5. The second-order valence-corrected chi connectivity index (χ2v) is 6.20. The van der Waals surface area contributed by atoms with Crippen LogP contribution in [0, 0.1) is 11.6 Å². The van der Waals surface area contributed by atoms with E-state index in [9.17, 15) is 22.0 Å². The van der Waals surface area contributed by atoms with Crippen molar-refractivity contribution in [2.75, 3.05) is 25.9 Å². The Hall–Kier alpha value is -1.74. The average molecular weight is 322 g/mol. The lowest BCUT2D eigenvalue weighted by Gasteiger charge is -2.17. The number of nitrogen functional groups attached to an aromatic ring is 1. The fraction of sp³-hybridized carbons (Fsp3) is 0.417. The minimum absolute atomic E-state index is 0.179. The van der Waals surface area contributed by atoms with Crippen molar-refractivity contribution in [1.29, 1.82) is 0 Å². The second kappa shape index (κ2) is 6.81. The number of anilines is 1. The molecule has 2 N–H and O–H groups in total. The minimum Gasteiger partial charge on any atom is -0.466 e. The molecular weight excluding hydrogens is 306 g/mol. The van der Waals surface area contributed by atoms with Crippen molar-refractivity contribution >= 4 is 21.7 Å². The summed E-state index contributed by atoms with van der Waals surface area (Å²) in [5.74, 6) is -2.86. The SMILES string of the molecule is CCOC(=O)CCN(C)S(=O)(=O)c1cc(N)c(F)cc1F. The largest absolute Gasteiger partial charge is 0.466 e. The number of nitrogens with zero attached hydrogens (tertiary/aromatic N) is 1. The number of ether oxygens (including phenoxy) is 1. The van der Waals surface area contributed by atoms with Crippen LogP contribution >= 0.6 is 0 Å². The monoisotopic (exact) mass is 322 g/mol. The zero-order chi connectivity index (χ0) is 16.2. The maximum absolute atomic E-state index is 13.6. The lowest BCUT2D eigenvalue weighted by atomic mass is 10.3. The molecule has 0 radical (unpaired) electrons. The molecule has 0 heterocycles. The van der Waals surface area contributed by atoms with Gasteiger partial charge in [0.05, 0.1) is 18.7 Å². The summed E-state index contributed by atoms with van der Waals surface area (Å²) in [6.45, 7) is 1.60. The van der Waals surface area contributed by atoms with Gasteiger partial charge < -0.3 is 10.5 Å². The quantitative estimate of drug-likeness (QED) is 0.626. The van der Waals surface area contributed by atoms with Crippen LogP contribution in [0.4, 0.5) is 14.5 Å². The van der Waals surface area contributed by atoms with Crippen LogP contribution in [0.5, 0.6) is 0 Å². The zero-order valence-electron chi connectivity index (χ0n) is 11.6. The van der Waals surface area contributed by atoms with Crippen molar-refractivity contribution in [3.63, 3.8) is 0 Å². The Morgan fingerprint density at radius 2 is 1.95 bits per heavy atom. The Labute approximate surface area is 121 Å². The fourth-order valence-corrected chi connectivity index (χ4v) is 2.76. The molecule has 1 aromatic carbocycles. The molecule has 0 aromatic heterocycles. The third kappa shape index (κ3) is 4.11. The normalized spacial score (nSPS) is 11.7. The summed E-state index contributed by atoms with van der Waals surface area (Å²) in [7, 11) is -3.04. The van der Waals surface area contributed by atoms with E-state index in [4.69, 9.17) is 5.73 Å². The number of halogens is 2. The Morgan fingerprint density at radius 1 is 1.33 bits per heavy atom. The van der Waals surface area contributed by atoms with Crippen LogP contribution < -0.4 is 5.73 Å². The third-order valence-electron chi connectivity index (χ3n) is 2.68. The molecular formula is C12H16F2N2O4S. The first kappa shape index (κ1) is 17.3. The van der Waals surface area contributed by atoms with E-state index in [0.717, 1.165) is 4.31 Å². The van der Waals surface area contributed by atoms with E-state index < -0.39 is 38.2 Å². The summed E-state index contributed by atoms with van der Waals surface area (Å²) in [6, 6.07) is 1.11. The highest BCUT2D eigenvalue weighted by Crippen LogP contribution is 2.23. The lowest BCUT2D eigenvalue weighted by molar-refractivity contribution is -0.143. The van der Waals surface area contributed by atoms with Crippen LogP contribution in [0.25, 0.3) is 0 Å². The molecule has 0 fully saturated rings. The lowest BCUT2D eigenvalue weighted by Crippen LogP contribution is -2.30. The second-order valence-electron chi connectivity index (χ2n) is 4.19. The fourth-order valence-electron chi connectivity index (χ4n) is 1.51. The van der Waals surface area contributed by atoms with Crippen LogP contribution in [0.3, 0.4) is 0 Å². The van der Waals surface area contributed by atoms with E-state index in [1.54, 1.807) is 6.92 Å². The Bertz CT molecular complexity index is 634. The van der Waals surface area contributed by atoms with Gasteiger partial charge >= 0.3 is 5.97 Å². The van der Waals surface area contributed by atoms with E-state index in [1.165, 1.54) is 7.05 Å². The van der Waals surface area contributed by atoms with Crippen LogP contribution in [0.1, 0.15) is 13.3 Å². The predicted molar refractivity (Wildman–Crippen MR) is 71.8 cm³/mol. The van der Waals surface area contributed by atoms with Crippen molar-refractivity contribution in [2.45, 2.75) is 18.2 Å². The van der Waals surface area contributed by atoms with Gasteiger partial charge in [0.25, 0.3) is 0 Å². The van der Waals surface area contributed by atoms with Crippen molar-refractivity contribution in [2.24, 2.45) is 0 Å². The molecule has 1 aromatic rings. The van der Waals surface area contributed by atoms with Crippen molar-refractivity contribution in [3.05, 3.63) is 23.8 Å². The van der Waals surface area contributed by atoms with Gasteiger partial charge in [-0.15, -0.1) is 0 Å². The highest BCUT2D eigenvalue weighted by atomic mass is 32.2. The minimum atomic E-state index is -4.22. The molecule has 0 aliphatic heterocycles. The first-order valence-corrected chi connectivity index (χ1v) is 7.50. The summed E-state index contributed by atoms with van der Waals surface area (Å²) in [5, 5.41) is 0. The van der Waals surface area contributed by atoms with E-state index in [0.29, 0.717) is 12.1 Å². The first-order chi connectivity index (χ1) is 9.70. The molecule has 0 saturated heterocycles. The first-order valence-electron chi connectivity index (χ1n) is 6.06. The topological polar surface area (TPSA) is 89.7 Å². The van der Waals surface area contributed by atoms with Crippen LogP contribution in [0.2, 0.25) is 0 Å². The highest BCUT2D eigenvalue weighted by Gasteiger charge is 2.26. The van der Waals surface area contributed by atoms with E-state index in [1.807, 2.05) is 0 Å². The van der Waals surface area contributed by atoms with E-state index >= 15 is 0 Å².